The van der Waals surface area contributed by atoms with Crippen LogP contribution in [0.5, 0.6) is 0 Å². The molecule has 1 saturated heterocycles. The summed E-state index contributed by atoms with van der Waals surface area (Å²) < 4.78 is 41.5. The van der Waals surface area contributed by atoms with Crippen molar-refractivity contribution in [2.45, 2.75) is 17.0 Å². The summed E-state index contributed by atoms with van der Waals surface area (Å²) in [6.07, 6.45) is -3.40. The second-order valence-electron chi connectivity index (χ2n) is 4.91. The van der Waals surface area contributed by atoms with Crippen LogP contribution in [0.25, 0.3) is 6.08 Å². The number of thiocarbonyl (C=S) groups is 1. The number of rotatable bonds is 4. The molecular weight excluding hydrogens is 411 g/mol. The SMILES string of the molecule is Cn1nc(C(F)(F)F)c(/C=C2\SC(=S)NC2=O)c1SCc1cccs1. The van der Waals surface area contributed by atoms with Crippen molar-refractivity contribution in [2.75, 3.05) is 0 Å². The van der Waals surface area contributed by atoms with Crippen LogP contribution >= 0.6 is 47.1 Å². The maximum atomic E-state index is 13.4. The van der Waals surface area contributed by atoms with E-state index in [1.54, 1.807) is 0 Å². The number of aromatic nitrogens is 2. The minimum atomic E-state index is -4.62. The number of hydrogen-bond acceptors (Lipinski definition) is 6. The first-order valence-corrected chi connectivity index (χ1v) is 9.89. The lowest BCUT2D eigenvalue weighted by atomic mass is 10.2. The van der Waals surface area contributed by atoms with Gasteiger partial charge in [0.25, 0.3) is 5.91 Å². The van der Waals surface area contributed by atoms with Gasteiger partial charge in [-0.1, -0.05) is 30.0 Å². The number of hydrogen-bond donors (Lipinski definition) is 1. The molecule has 0 bridgehead atoms. The summed E-state index contributed by atoms with van der Waals surface area (Å²) in [4.78, 5) is 13.0. The average molecular weight is 422 g/mol. The molecule has 0 unspecified atom stereocenters. The minimum absolute atomic E-state index is 0.112. The zero-order chi connectivity index (χ0) is 18.2. The summed E-state index contributed by atoms with van der Waals surface area (Å²) in [6.45, 7) is 0. The Labute approximate surface area is 158 Å². The predicted molar refractivity (Wildman–Crippen MR) is 98.4 cm³/mol. The molecule has 1 aliphatic heterocycles. The number of halogens is 3. The lowest BCUT2D eigenvalue weighted by molar-refractivity contribution is -0.141. The van der Waals surface area contributed by atoms with E-state index in [1.165, 1.54) is 40.9 Å². The van der Waals surface area contributed by atoms with Gasteiger partial charge in [-0.05, 0) is 17.5 Å². The third-order valence-corrected chi connectivity index (χ3v) is 6.58. The number of carbonyl (C=O) groups excluding carboxylic acids is 1. The zero-order valence-electron chi connectivity index (χ0n) is 12.6. The fraction of sp³-hybridized carbons (Fsp3) is 0.214. The number of alkyl halides is 3. The number of carbonyl (C=O) groups is 1. The first kappa shape index (κ1) is 18.5. The average Bonchev–Trinajstić information content (AvgIpc) is 3.19. The predicted octanol–water partition coefficient (Wildman–Crippen LogP) is 4.28. The summed E-state index contributed by atoms with van der Waals surface area (Å²) in [5.41, 5.74) is -1.12. The van der Waals surface area contributed by atoms with E-state index in [-0.39, 0.29) is 14.8 Å². The Morgan fingerprint density at radius 2 is 2.24 bits per heavy atom. The molecule has 3 heterocycles. The van der Waals surface area contributed by atoms with Gasteiger partial charge in [0.1, 0.15) is 9.35 Å². The second kappa shape index (κ2) is 7.14. The van der Waals surface area contributed by atoms with Crippen molar-refractivity contribution in [3.8, 4) is 0 Å². The van der Waals surface area contributed by atoms with E-state index >= 15 is 0 Å². The lowest BCUT2D eigenvalue weighted by Gasteiger charge is -2.05. The molecule has 1 fully saturated rings. The summed E-state index contributed by atoms with van der Waals surface area (Å²) in [5, 5.41) is 8.28. The van der Waals surface area contributed by atoms with Gasteiger partial charge in [-0.25, -0.2) is 0 Å². The monoisotopic (exact) mass is 421 g/mol. The van der Waals surface area contributed by atoms with E-state index in [9.17, 15) is 18.0 Å². The molecular formula is C14H10F3N3OS4. The molecule has 1 N–H and O–H groups in total. The molecule has 2 aromatic heterocycles. The Kier molecular flexibility index (Phi) is 5.28. The highest BCUT2D eigenvalue weighted by Gasteiger charge is 2.39. The van der Waals surface area contributed by atoms with Crippen molar-refractivity contribution in [3.63, 3.8) is 0 Å². The minimum Gasteiger partial charge on any atom is -0.307 e. The molecule has 1 aliphatic rings. The normalized spacial score (nSPS) is 16.7. The molecule has 4 nitrogen and oxygen atoms in total. The standard InChI is InChI=1S/C14H10F3N3OS4/c1-20-12(24-6-7-3-2-4-23-7)8(10(19-20)14(15,16)17)5-9-11(21)18-13(22)25-9/h2-5H,6H2,1H3,(H,18,21,22)/b9-5-. The van der Waals surface area contributed by atoms with Crippen LogP contribution in [0, 0.1) is 0 Å². The van der Waals surface area contributed by atoms with Gasteiger partial charge in [-0.15, -0.1) is 23.1 Å². The topological polar surface area (TPSA) is 46.9 Å². The van der Waals surface area contributed by atoms with Crippen molar-refractivity contribution >= 4 is 63.4 Å². The molecule has 0 atom stereocenters. The van der Waals surface area contributed by atoms with Crippen LogP contribution in [0.4, 0.5) is 13.2 Å². The van der Waals surface area contributed by atoms with Crippen molar-refractivity contribution in [3.05, 3.63) is 38.6 Å². The highest BCUT2D eigenvalue weighted by Crippen LogP contribution is 2.39. The van der Waals surface area contributed by atoms with Crippen LogP contribution in [0.15, 0.2) is 27.4 Å². The van der Waals surface area contributed by atoms with E-state index in [0.717, 1.165) is 16.6 Å². The van der Waals surface area contributed by atoms with E-state index in [1.807, 2.05) is 17.5 Å². The van der Waals surface area contributed by atoms with Crippen LogP contribution in [0.3, 0.4) is 0 Å². The van der Waals surface area contributed by atoms with Gasteiger partial charge in [-0.3, -0.25) is 9.48 Å². The third kappa shape index (κ3) is 4.10. The Morgan fingerprint density at radius 3 is 2.80 bits per heavy atom. The summed E-state index contributed by atoms with van der Waals surface area (Å²) in [6, 6.07) is 3.80. The second-order valence-corrected chi connectivity index (χ2v) is 8.62. The number of amides is 1. The van der Waals surface area contributed by atoms with Gasteiger partial charge in [0.05, 0.1) is 4.91 Å². The van der Waals surface area contributed by atoms with Crippen molar-refractivity contribution < 1.29 is 18.0 Å². The van der Waals surface area contributed by atoms with Crippen molar-refractivity contribution in [1.29, 1.82) is 0 Å². The molecule has 0 aliphatic carbocycles. The van der Waals surface area contributed by atoms with Gasteiger partial charge in [0.2, 0.25) is 0 Å². The van der Waals surface area contributed by atoms with E-state index < -0.39 is 17.8 Å². The molecule has 0 aromatic carbocycles. The van der Waals surface area contributed by atoms with Gasteiger partial charge in [0.15, 0.2) is 5.69 Å². The number of thioether (sulfide) groups is 2. The highest BCUT2D eigenvalue weighted by atomic mass is 32.2. The Balaban J connectivity index is 2.02. The lowest BCUT2D eigenvalue weighted by Crippen LogP contribution is -2.17. The number of nitrogens with zero attached hydrogens (tertiary/aromatic N) is 2. The van der Waals surface area contributed by atoms with E-state index in [2.05, 4.69) is 10.4 Å². The first-order chi connectivity index (χ1) is 11.8. The first-order valence-electron chi connectivity index (χ1n) is 6.80. The van der Waals surface area contributed by atoms with Crippen molar-refractivity contribution in [1.82, 2.24) is 15.1 Å². The summed E-state index contributed by atoms with van der Waals surface area (Å²) in [7, 11) is 1.46. The molecule has 25 heavy (non-hydrogen) atoms. The van der Waals surface area contributed by atoms with Gasteiger partial charge in [-0.2, -0.15) is 18.3 Å². The van der Waals surface area contributed by atoms with Gasteiger partial charge in [0, 0.05) is 23.2 Å². The molecule has 0 radical (unpaired) electrons. The quantitative estimate of drug-likeness (QED) is 0.454. The van der Waals surface area contributed by atoms with Crippen LogP contribution in [-0.2, 0) is 23.8 Å². The molecule has 2 aromatic rings. The maximum absolute atomic E-state index is 13.4. The van der Waals surface area contributed by atoms with Crippen LogP contribution in [-0.4, -0.2) is 20.0 Å². The van der Waals surface area contributed by atoms with Gasteiger partial charge >= 0.3 is 6.18 Å². The van der Waals surface area contributed by atoms with Crippen molar-refractivity contribution in [2.24, 2.45) is 7.05 Å². The largest absolute Gasteiger partial charge is 0.435 e. The number of aryl methyl sites for hydroxylation is 1. The van der Waals surface area contributed by atoms with Gasteiger partial charge < -0.3 is 5.32 Å². The third-order valence-electron chi connectivity index (χ3n) is 3.15. The Bertz CT molecular complexity index is 856. The summed E-state index contributed by atoms with van der Waals surface area (Å²) in [5.74, 6) is 0.0174. The molecule has 3 rings (SSSR count). The molecule has 132 valence electrons. The highest BCUT2D eigenvalue weighted by molar-refractivity contribution is 8.26. The Morgan fingerprint density at radius 1 is 1.48 bits per heavy atom. The van der Waals surface area contributed by atoms with E-state index in [0.29, 0.717) is 10.8 Å². The number of thiophene rings is 1. The molecule has 11 heteroatoms. The van der Waals surface area contributed by atoms with Crippen LogP contribution in [0.2, 0.25) is 0 Å². The number of nitrogens with one attached hydrogen (secondary N) is 1. The maximum Gasteiger partial charge on any atom is 0.435 e. The summed E-state index contributed by atoms with van der Waals surface area (Å²) >= 11 is 8.60. The van der Waals surface area contributed by atoms with Crippen LogP contribution < -0.4 is 5.32 Å². The zero-order valence-corrected chi connectivity index (χ0v) is 15.9. The molecule has 0 saturated carbocycles. The fourth-order valence-corrected chi connectivity index (χ4v) is 5.00. The molecule has 0 spiro atoms. The fourth-order valence-electron chi connectivity index (χ4n) is 2.12. The smallest absolute Gasteiger partial charge is 0.307 e. The van der Waals surface area contributed by atoms with Crippen LogP contribution in [0.1, 0.15) is 16.1 Å². The van der Waals surface area contributed by atoms with E-state index in [4.69, 9.17) is 12.2 Å². The molecule has 1 amide bonds. The Hall–Kier alpha value is -1.30.